The van der Waals surface area contributed by atoms with Gasteiger partial charge in [0, 0.05) is 12.0 Å². The van der Waals surface area contributed by atoms with Crippen LogP contribution in [0.2, 0.25) is 0 Å². The Balaban J connectivity index is 2.82. The molecule has 1 atom stereocenters. The Morgan fingerprint density at radius 3 is 2.15 bits per heavy atom. The van der Waals surface area contributed by atoms with Crippen LogP contribution < -0.4 is 11.1 Å². The Hall–Kier alpha value is -1.35. The fourth-order valence-corrected chi connectivity index (χ4v) is 2.21. The van der Waals surface area contributed by atoms with Gasteiger partial charge in [0.25, 0.3) is 0 Å². The van der Waals surface area contributed by atoms with Gasteiger partial charge in [-0.15, -0.1) is 0 Å². The highest BCUT2D eigenvalue weighted by atomic mass is 16.1. The summed E-state index contributed by atoms with van der Waals surface area (Å²) in [7, 11) is 0. The van der Waals surface area contributed by atoms with E-state index in [9.17, 15) is 4.79 Å². The monoisotopic (exact) mass is 276 g/mol. The van der Waals surface area contributed by atoms with Crippen molar-refractivity contribution in [2.75, 3.05) is 0 Å². The SMILES string of the molecule is CC(C)(C)CC(NC(=O)CC(C)(C)N)c1ccccc1. The van der Waals surface area contributed by atoms with Gasteiger partial charge in [-0.05, 0) is 31.2 Å². The molecule has 0 aliphatic heterocycles. The van der Waals surface area contributed by atoms with Gasteiger partial charge in [-0.25, -0.2) is 0 Å². The summed E-state index contributed by atoms with van der Waals surface area (Å²) in [5.41, 5.74) is 6.73. The maximum absolute atomic E-state index is 12.1. The molecule has 0 aliphatic rings. The molecule has 3 N–H and O–H groups in total. The molecule has 1 amide bonds. The quantitative estimate of drug-likeness (QED) is 0.866. The van der Waals surface area contributed by atoms with E-state index in [1.165, 1.54) is 0 Å². The maximum Gasteiger partial charge on any atom is 0.222 e. The Labute approximate surface area is 122 Å². The summed E-state index contributed by atoms with van der Waals surface area (Å²) in [5, 5.41) is 3.13. The zero-order valence-electron chi connectivity index (χ0n) is 13.4. The van der Waals surface area contributed by atoms with E-state index < -0.39 is 5.54 Å². The van der Waals surface area contributed by atoms with Crippen molar-refractivity contribution in [3.05, 3.63) is 35.9 Å². The van der Waals surface area contributed by atoms with Gasteiger partial charge in [-0.1, -0.05) is 51.1 Å². The summed E-state index contributed by atoms with van der Waals surface area (Å²) in [6.45, 7) is 10.3. The van der Waals surface area contributed by atoms with Crippen molar-refractivity contribution in [1.82, 2.24) is 5.32 Å². The van der Waals surface area contributed by atoms with E-state index in [1.54, 1.807) is 0 Å². The number of hydrogen-bond donors (Lipinski definition) is 2. The lowest BCUT2D eigenvalue weighted by Gasteiger charge is -2.28. The number of carbonyl (C=O) groups is 1. The van der Waals surface area contributed by atoms with Gasteiger partial charge in [-0.3, -0.25) is 4.79 Å². The maximum atomic E-state index is 12.1. The molecule has 1 unspecified atom stereocenters. The van der Waals surface area contributed by atoms with Crippen LogP contribution in [0.1, 0.15) is 59.1 Å². The van der Waals surface area contributed by atoms with Crippen molar-refractivity contribution in [2.24, 2.45) is 11.1 Å². The summed E-state index contributed by atoms with van der Waals surface area (Å²) in [5.74, 6) is 0.00982. The number of nitrogens with two attached hydrogens (primary N) is 1. The second kappa shape index (κ2) is 6.40. The van der Waals surface area contributed by atoms with Crippen LogP contribution in [-0.4, -0.2) is 11.4 Å². The first-order valence-corrected chi connectivity index (χ1v) is 7.20. The number of amides is 1. The summed E-state index contributed by atoms with van der Waals surface area (Å²) in [6.07, 6.45) is 1.23. The molecule has 0 saturated heterocycles. The number of hydrogen-bond acceptors (Lipinski definition) is 2. The fourth-order valence-electron chi connectivity index (χ4n) is 2.21. The normalized spacial score (nSPS) is 13.9. The van der Waals surface area contributed by atoms with Gasteiger partial charge < -0.3 is 11.1 Å². The van der Waals surface area contributed by atoms with Crippen LogP contribution in [0.5, 0.6) is 0 Å². The lowest BCUT2D eigenvalue weighted by Crippen LogP contribution is -2.40. The van der Waals surface area contributed by atoms with Crippen molar-refractivity contribution < 1.29 is 4.79 Å². The van der Waals surface area contributed by atoms with Crippen LogP contribution in [0.15, 0.2) is 30.3 Å². The van der Waals surface area contributed by atoms with Crippen molar-refractivity contribution in [2.45, 2.75) is 59.0 Å². The second-order valence-electron chi connectivity index (χ2n) is 7.46. The second-order valence-corrected chi connectivity index (χ2v) is 7.46. The highest BCUT2D eigenvalue weighted by Gasteiger charge is 2.24. The molecule has 0 radical (unpaired) electrons. The van der Waals surface area contributed by atoms with Crippen LogP contribution in [-0.2, 0) is 4.79 Å². The predicted octanol–water partition coefficient (Wildman–Crippen LogP) is 3.41. The van der Waals surface area contributed by atoms with Crippen molar-refractivity contribution in [3.63, 3.8) is 0 Å². The minimum atomic E-state index is -0.479. The van der Waals surface area contributed by atoms with E-state index in [-0.39, 0.29) is 17.4 Å². The van der Waals surface area contributed by atoms with Gasteiger partial charge in [0.15, 0.2) is 0 Å². The molecule has 3 heteroatoms. The molecule has 20 heavy (non-hydrogen) atoms. The smallest absolute Gasteiger partial charge is 0.222 e. The zero-order valence-corrected chi connectivity index (χ0v) is 13.4. The Bertz CT molecular complexity index is 427. The van der Waals surface area contributed by atoms with Crippen LogP contribution >= 0.6 is 0 Å². The number of carbonyl (C=O) groups excluding carboxylic acids is 1. The molecule has 3 nitrogen and oxygen atoms in total. The van der Waals surface area contributed by atoms with E-state index in [0.717, 1.165) is 12.0 Å². The fraction of sp³-hybridized carbons (Fsp3) is 0.588. The molecule has 0 aromatic heterocycles. The molecule has 0 aliphatic carbocycles. The van der Waals surface area contributed by atoms with Gasteiger partial charge >= 0.3 is 0 Å². The third-order valence-corrected chi connectivity index (χ3v) is 2.97. The highest BCUT2D eigenvalue weighted by molar-refractivity contribution is 5.77. The first-order valence-electron chi connectivity index (χ1n) is 7.20. The molecule has 0 bridgehead atoms. The van der Waals surface area contributed by atoms with Gasteiger partial charge in [-0.2, -0.15) is 0 Å². The molecular weight excluding hydrogens is 248 g/mol. The number of nitrogens with one attached hydrogen (secondary N) is 1. The molecule has 0 fully saturated rings. The minimum absolute atomic E-state index is 0.00982. The van der Waals surface area contributed by atoms with Gasteiger partial charge in [0.1, 0.15) is 0 Å². The largest absolute Gasteiger partial charge is 0.349 e. The topological polar surface area (TPSA) is 55.1 Å². The Morgan fingerprint density at radius 1 is 1.15 bits per heavy atom. The molecule has 0 heterocycles. The first-order chi connectivity index (χ1) is 9.07. The average Bonchev–Trinajstić information content (AvgIpc) is 2.25. The van der Waals surface area contributed by atoms with E-state index in [2.05, 4.69) is 38.2 Å². The van der Waals surface area contributed by atoms with E-state index in [4.69, 9.17) is 5.73 Å². The Morgan fingerprint density at radius 2 is 1.70 bits per heavy atom. The summed E-state index contributed by atoms with van der Waals surface area (Å²) >= 11 is 0. The summed E-state index contributed by atoms with van der Waals surface area (Å²) in [6, 6.07) is 10.1. The van der Waals surface area contributed by atoms with E-state index in [0.29, 0.717) is 6.42 Å². The molecule has 1 aromatic rings. The first kappa shape index (κ1) is 16.7. The summed E-state index contributed by atoms with van der Waals surface area (Å²) in [4.78, 5) is 12.1. The number of benzene rings is 1. The van der Waals surface area contributed by atoms with Crippen LogP contribution in [0.25, 0.3) is 0 Å². The Kier molecular flexibility index (Phi) is 5.35. The lowest BCUT2D eigenvalue weighted by atomic mass is 9.85. The highest BCUT2D eigenvalue weighted by Crippen LogP contribution is 2.29. The summed E-state index contributed by atoms with van der Waals surface area (Å²) < 4.78 is 0. The molecule has 1 aromatic carbocycles. The van der Waals surface area contributed by atoms with Crippen molar-refractivity contribution in [3.8, 4) is 0 Å². The molecule has 1 rings (SSSR count). The van der Waals surface area contributed by atoms with Crippen molar-refractivity contribution in [1.29, 1.82) is 0 Å². The standard InChI is InChI=1S/C17H28N2O/c1-16(2,3)11-14(13-9-7-6-8-10-13)19-15(20)12-17(4,5)18/h6-10,14H,11-12,18H2,1-5H3,(H,19,20). The van der Waals surface area contributed by atoms with Crippen LogP contribution in [0.4, 0.5) is 0 Å². The van der Waals surface area contributed by atoms with E-state index in [1.807, 2.05) is 32.0 Å². The zero-order chi connectivity index (χ0) is 15.4. The molecule has 0 saturated carbocycles. The minimum Gasteiger partial charge on any atom is -0.349 e. The third-order valence-electron chi connectivity index (χ3n) is 2.97. The van der Waals surface area contributed by atoms with Crippen LogP contribution in [0.3, 0.4) is 0 Å². The van der Waals surface area contributed by atoms with Gasteiger partial charge in [0.05, 0.1) is 6.04 Å². The predicted molar refractivity (Wildman–Crippen MR) is 84.3 cm³/mol. The molecule has 0 spiro atoms. The number of rotatable bonds is 5. The molecule has 112 valence electrons. The van der Waals surface area contributed by atoms with Crippen LogP contribution in [0, 0.1) is 5.41 Å². The van der Waals surface area contributed by atoms with Crippen molar-refractivity contribution >= 4 is 5.91 Å². The average molecular weight is 276 g/mol. The molecular formula is C17H28N2O. The van der Waals surface area contributed by atoms with Gasteiger partial charge in [0.2, 0.25) is 5.91 Å². The third kappa shape index (κ3) is 6.71. The van der Waals surface area contributed by atoms with E-state index >= 15 is 0 Å². The lowest BCUT2D eigenvalue weighted by molar-refractivity contribution is -0.122.